The van der Waals surface area contributed by atoms with Gasteiger partial charge >= 0.3 is 5.97 Å². The first-order valence-electron chi connectivity index (χ1n) is 7.97. The summed E-state index contributed by atoms with van der Waals surface area (Å²) in [5.74, 6) is -0.272. The van der Waals surface area contributed by atoms with Crippen molar-refractivity contribution in [2.75, 3.05) is 31.1 Å². The van der Waals surface area contributed by atoms with Crippen molar-refractivity contribution in [1.82, 2.24) is 9.88 Å². The first kappa shape index (κ1) is 19.5. The van der Waals surface area contributed by atoms with Crippen LogP contribution in [0.4, 0.5) is 5.82 Å². The number of nitrogens with zero attached hydrogens (tertiary/aromatic N) is 4. The van der Waals surface area contributed by atoms with Crippen LogP contribution < -0.4 is 4.90 Å². The number of amidine groups is 1. The molecular weight excluding hydrogens is 415 g/mol. The van der Waals surface area contributed by atoms with Crippen molar-refractivity contribution in [3.63, 3.8) is 0 Å². The molecule has 0 bridgehead atoms. The number of carboxylic acid groups (broad SMARTS) is 1. The van der Waals surface area contributed by atoms with Gasteiger partial charge in [-0.2, -0.15) is 0 Å². The zero-order valence-electron chi connectivity index (χ0n) is 13.9. The molecule has 0 saturated carbocycles. The molecule has 0 radical (unpaired) electrons. The highest BCUT2D eigenvalue weighted by atomic mass is 35.5. The predicted molar refractivity (Wildman–Crippen MR) is 105 cm³/mol. The summed E-state index contributed by atoms with van der Waals surface area (Å²) in [5, 5.41) is 23.0. The summed E-state index contributed by atoms with van der Waals surface area (Å²) in [6.45, 7) is 2.11. The summed E-state index contributed by atoms with van der Waals surface area (Å²) >= 11 is 18.6. The van der Waals surface area contributed by atoms with E-state index in [1.165, 1.54) is 12.3 Å². The van der Waals surface area contributed by atoms with Crippen LogP contribution in [0.3, 0.4) is 0 Å². The minimum atomic E-state index is -1.08. The molecular formula is C17H15Cl3N4O3. The molecule has 10 heteroatoms. The lowest BCUT2D eigenvalue weighted by Gasteiger charge is -2.37. The Morgan fingerprint density at radius 1 is 1.07 bits per heavy atom. The lowest BCUT2D eigenvalue weighted by atomic mass is 10.1. The van der Waals surface area contributed by atoms with E-state index in [0.717, 1.165) is 0 Å². The fraction of sp³-hybridized carbons (Fsp3) is 0.235. The molecule has 7 nitrogen and oxygen atoms in total. The largest absolute Gasteiger partial charge is 0.478 e. The zero-order chi connectivity index (χ0) is 19.6. The first-order valence-corrected chi connectivity index (χ1v) is 9.11. The van der Waals surface area contributed by atoms with E-state index < -0.39 is 5.97 Å². The number of oxime groups is 1. The maximum atomic E-state index is 11.0. The summed E-state index contributed by atoms with van der Waals surface area (Å²) in [5.41, 5.74) is 0.504. The van der Waals surface area contributed by atoms with Gasteiger partial charge in [0.05, 0.1) is 26.2 Å². The van der Waals surface area contributed by atoms with Gasteiger partial charge in [-0.05, 0) is 18.2 Å². The molecule has 2 aromatic rings. The van der Waals surface area contributed by atoms with E-state index >= 15 is 0 Å². The molecule has 1 aromatic carbocycles. The maximum absolute atomic E-state index is 11.0. The summed E-state index contributed by atoms with van der Waals surface area (Å²) in [4.78, 5) is 19.0. The van der Waals surface area contributed by atoms with Crippen LogP contribution in [0, 0.1) is 0 Å². The van der Waals surface area contributed by atoms with Gasteiger partial charge < -0.3 is 20.1 Å². The quantitative estimate of drug-likeness (QED) is 0.335. The third-order valence-electron chi connectivity index (χ3n) is 4.23. The van der Waals surface area contributed by atoms with Crippen LogP contribution in [0.1, 0.15) is 15.9 Å². The fourth-order valence-corrected chi connectivity index (χ4v) is 3.75. The second-order valence-corrected chi connectivity index (χ2v) is 7.05. The van der Waals surface area contributed by atoms with E-state index in [-0.39, 0.29) is 10.6 Å². The van der Waals surface area contributed by atoms with Crippen LogP contribution >= 0.6 is 34.8 Å². The minimum Gasteiger partial charge on any atom is -0.478 e. The number of anilines is 1. The Hall–Kier alpha value is -2.22. The molecule has 3 rings (SSSR count). The van der Waals surface area contributed by atoms with Crippen LogP contribution in [0.5, 0.6) is 0 Å². The Morgan fingerprint density at radius 2 is 1.70 bits per heavy atom. The number of carbonyl (C=O) groups is 1. The molecule has 142 valence electrons. The molecule has 1 saturated heterocycles. The summed E-state index contributed by atoms with van der Waals surface area (Å²) in [6.07, 6.45) is 1.28. The van der Waals surface area contributed by atoms with Gasteiger partial charge in [0.1, 0.15) is 5.82 Å². The van der Waals surface area contributed by atoms with Gasteiger partial charge in [0.2, 0.25) is 0 Å². The topological polar surface area (TPSA) is 89.3 Å². The van der Waals surface area contributed by atoms with E-state index in [4.69, 9.17) is 39.9 Å². The fourth-order valence-electron chi connectivity index (χ4n) is 2.89. The molecule has 0 atom stereocenters. The van der Waals surface area contributed by atoms with E-state index in [9.17, 15) is 10.0 Å². The molecule has 1 aromatic heterocycles. The van der Waals surface area contributed by atoms with Gasteiger partial charge in [-0.3, -0.25) is 0 Å². The van der Waals surface area contributed by atoms with Crippen molar-refractivity contribution < 1.29 is 15.1 Å². The van der Waals surface area contributed by atoms with Gasteiger partial charge in [0.25, 0.3) is 0 Å². The van der Waals surface area contributed by atoms with Crippen LogP contribution in [0.15, 0.2) is 35.6 Å². The zero-order valence-corrected chi connectivity index (χ0v) is 16.2. The third-order valence-corrected chi connectivity index (χ3v) is 5.14. The van der Waals surface area contributed by atoms with Crippen molar-refractivity contribution in [2.24, 2.45) is 5.16 Å². The monoisotopic (exact) mass is 428 g/mol. The summed E-state index contributed by atoms with van der Waals surface area (Å²) < 4.78 is 0. The number of carboxylic acids is 1. The van der Waals surface area contributed by atoms with Crippen LogP contribution in [-0.2, 0) is 0 Å². The number of hydrogen-bond acceptors (Lipinski definition) is 5. The number of benzene rings is 1. The smallest absolute Gasteiger partial charge is 0.337 e. The molecule has 27 heavy (non-hydrogen) atoms. The Kier molecular flexibility index (Phi) is 5.94. The van der Waals surface area contributed by atoms with E-state index in [0.29, 0.717) is 53.4 Å². The van der Waals surface area contributed by atoms with Gasteiger partial charge in [-0.15, -0.1) is 0 Å². The van der Waals surface area contributed by atoms with E-state index in [1.807, 2.05) is 9.80 Å². The molecule has 1 aliphatic heterocycles. The molecule has 0 aliphatic carbocycles. The van der Waals surface area contributed by atoms with Gasteiger partial charge in [-0.25, -0.2) is 9.78 Å². The van der Waals surface area contributed by atoms with E-state index in [2.05, 4.69) is 10.1 Å². The standard InChI is InChI=1S/C17H15Cl3N4O3/c18-11-2-1-3-12(19)14(11)16(22-27)24-6-4-23(5-7-24)15-13(20)8-10(9-21-15)17(25)26/h1-3,8-9,27H,4-7H2,(H,25,26). The summed E-state index contributed by atoms with van der Waals surface area (Å²) in [6, 6.07) is 6.45. The van der Waals surface area contributed by atoms with Crippen molar-refractivity contribution in [2.45, 2.75) is 0 Å². The van der Waals surface area contributed by atoms with Crippen molar-refractivity contribution in [3.05, 3.63) is 56.7 Å². The van der Waals surface area contributed by atoms with Crippen molar-refractivity contribution >= 4 is 52.4 Å². The Labute approximate surface area is 170 Å². The normalized spacial score (nSPS) is 15.1. The number of piperazine rings is 1. The molecule has 0 spiro atoms. The predicted octanol–water partition coefficient (Wildman–Crippen LogP) is 3.70. The molecule has 0 amide bonds. The Morgan fingerprint density at radius 3 is 2.22 bits per heavy atom. The average Bonchev–Trinajstić information content (AvgIpc) is 2.65. The highest BCUT2D eigenvalue weighted by molar-refractivity contribution is 6.40. The lowest BCUT2D eigenvalue weighted by Crippen LogP contribution is -2.49. The molecule has 1 aliphatic rings. The van der Waals surface area contributed by atoms with Crippen molar-refractivity contribution in [3.8, 4) is 0 Å². The third kappa shape index (κ3) is 4.05. The SMILES string of the molecule is O=C(O)c1cnc(N2CCN(C(=NO)c3c(Cl)cccc3Cl)CC2)c(Cl)c1. The van der Waals surface area contributed by atoms with E-state index in [1.54, 1.807) is 18.2 Å². The number of aromatic nitrogens is 1. The molecule has 2 N–H and O–H groups in total. The second-order valence-electron chi connectivity index (χ2n) is 5.83. The average molecular weight is 430 g/mol. The van der Waals surface area contributed by atoms with Crippen LogP contribution in [-0.4, -0.2) is 58.2 Å². The van der Waals surface area contributed by atoms with Crippen molar-refractivity contribution in [1.29, 1.82) is 0 Å². The minimum absolute atomic E-state index is 0.0328. The number of hydrogen-bond donors (Lipinski definition) is 2. The number of halogens is 3. The number of aromatic carboxylic acids is 1. The number of rotatable bonds is 3. The van der Waals surface area contributed by atoms with Gasteiger partial charge in [-0.1, -0.05) is 46.0 Å². The summed E-state index contributed by atoms with van der Waals surface area (Å²) in [7, 11) is 0. The van der Waals surface area contributed by atoms with Crippen LogP contribution in [0.2, 0.25) is 15.1 Å². The van der Waals surface area contributed by atoms with Gasteiger partial charge in [0, 0.05) is 32.4 Å². The Balaban J connectivity index is 1.76. The lowest BCUT2D eigenvalue weighted by molar-refractivity contribution is 0.0696. The maximum Gasteiger partial charge on any atom is 0.337 e. The molecule has 2 heterocycles. The van der Waals surface area contributed by atoms with Crippen LogP contribution in [0.25, 0.3) is 0 Å². The molecule has 1 fully saturated rings. The Bertz CT molecular complexity index is 879. The first-order chi connectivity index (χ1) is 12.9. The highest BCUT2D eigenvalue weighted by Gasteiger charge is 2.26. The van der Waals surface area contributed by atoms with Gasteiger partial charge in [0.15, 0.2) is 5.84 Å². The number of pyridine rings is 1. The highest BCUT2D eigenvalue weighted by Crippen LogP contribution is 2.28. The second kappa shape index (κ2) is 8.21. The molecule has 0 unspecified atom stereocenters.